The summed E-state index contributed by atoms with van der Waals surface area (Å²) in [6.07, 6.45) is -0.153. The summed E-state index contributed by atoms with van der Waals surface area (Å²) in [5.74, 6) is -0.740. The van der Waals surface area contributed by atoms with Gasteiger partial charge in [-0.05, 0) is 69.7 Å². The van der Waals surface area contributed by atoms with E-state index < -0.39 is 23.3 Å². The summed E-state index contributed by atoms with van der Waals surface area (Å²) in [5, 5.41) is 7.18. The average molecular weight is 498 g/mol. The maximum Gasteiger partial charge on any atom is 0.433 e. The van der Waals surface area contributed by atoms with Gasteiger partial charge in [0.05, 0.1) is 12.1 Å². The molecule has 6 nitrogen and oxygen atoms in total. The summed E-state index contributed by atoms with van der Waals surface area (Å²) in [6.45, 7) is 1.95. The van der Waals surface area contributed by atoms with E-state index in [1.54, 1.807) is 13.0 Å². The van der Waals surface area contributed by atoms with Gasteiger partial charge >= 0.3 is 12.1 Å². The van der Waals surface area contributed by atoms with Crippen LogP contribution in [0.3, 0.4) is 0 Å². The van der Waals surface area contributed by atoms with Gasteiger partial charge in [-0.15, -0.1) is 0 Å². The van der Waals surface area contributed by atoms with Gasteiger partial charge in [0.1, 0.15) is 11.1 Å². The van der Waals surface area contributed by atoms with E-state index in [1.807, 2.05) is 0 Å². The predicted octanol–water partition coefficient (Wildman–Crippen LogP) is 5.48. The minimum Gasteiger partial charge on any atom is -0.465 e. The fraction of sp³-hybridized carbons (Fsp3) is 0.542. The highest BCUT2D eigenvalue weighted by atomic mass is 35.5. The molecule has 34 heavy (non-hydrogen) atoms. The van der Waals surface area contributed by atoms with Gasteiger partial charge < -0.3 is 15.4 Å². The second kappa shape index (κ2) is 9.60. The number of esters is 1. The topological polar surface area (TPSA) is 80.3 Å². The minimum atomic E-state index is -4.57. The Hall–Kier alpha value is -2.55. The molecule has 2 aromatic rings. The first-order valence-electron chi connectivity index (χ1n) is 11.5. The molecule has 2 fully saturated rings. The van der Waals surface area contributed by atoms with E-state index >= 15 is 0 Å². The molecule has 0 radical (unpaired) electrons. The maximum atomic E-state index is 13.4. The van der Waals surface area contributed by atoms with Crippen LogP contribution in [0.5, 0.6) is 0 Å². The van der Waals surface area contributed by atoms with Crippen LogP contribution in [-0.2, 0) is 20.5 Å². The van der Waals surface area contributed by atoms with Crippen molar-refractivity contribution < 1.29 is 27.5 Å². The third kappa shape index (κ3) is 4.94. The van der Waals surface area contributed by atoms with Crippen molar-refractivity contribution in [3.8, 4) is 0 Å². The summed E-state index contributed by atoms with van der Waals surface area (Å²) >= 11 is 6.08. The maximum absolute atomic E-state index is 13.4. The van der Waals surface area contributed by atoms with Crippen molar-refractivity contribution in [1.29, 1.82) is 0 Å². The van der Waals surface area contributed by atoms with Crippen LogP contribution in [0.2, 0.25) is 5.02 Å². The molecule has 184 valence electrons. The molecule has 1 amide bonds. The molecule has 2 aliphatic rings. The van der Waals surface area contributed by atoms with Crippen LogP contribution < -0.4 is 10.6 Å². The molecule has 4 rings (SSSR count). The fourth-order valence-electron chi connectivity index (χ4n) is 4.71. The van der Waals surface area contributed by atoms with Gasteiger partial charge in [0.2, 0.25) is 5.91 Å². The van der Waals surface area contributed by atoms with Crippen LogP contribution in [0.25, 0.3) is 10.9 Å². The Kier molecular flexibility index (Phi) is 6.94. The van der Waals surface area contributed by atoms with Gasteiger partial charge in [0, 0.05) is 28.2 Å². The molecular formula is C24H27ClF3N3O3. The molecule has 0 bridgehead atoms. The van der Waals surface area contributed by atoms with Crippen LogP contribution in [-0.4, -0.2) is 35.6 Å². The van der Waals surface area contributed by atoms with Gasteiger partial charge in [-0.3, -0.25) is 9.59 Å². The fourth-order valence-corrected chi connectivity index (χ4v) is 4.88. The van der Waals surface area contributed by atoms with E-state index in [-0.39, 0.29) is 30.1 Å². The molecule has 0 unspecified atom stereocenters. The number of nitrogens with one attached hydrogen (secondary N) is 2. The summed E-state index contributed by atoms with van der Waals surface area (Å²) in [5.41, 5.74) is -1.49. The lowest BCUT2D eigenvalue weighted by Crippen LogP contribution is -2.54. The summed E-state index contributed by atoms with van der Waals surface area (Å²) in [6, 6.07) is 5.45. The molecule has 10 heteroatoms. The number of carbonyl (C=O) groups is 2. The zero-order valence-electron chi connectivity index (χ0n) is 18.8. The number of benzene rings is 1. The first kappa shape index (κ1) is 24.6. The van der Waals surface area contributed by atoms with Crippen molar-refractivity contribution in [2.75, 3.05) is 11.9 Å². The lowest BCUT2D eigenvalue weighted by molar-refractivity contribution is -0.167. The SMILES string of the molecule is CCOC(=O)C1(C(=O)NC2CCC(Nc3cc(C(F)(F)F)nc4ccc(Cl)cc34)CC2)CCC1. The lowest BCUT2D eigenvalue weighted by Gasteiger charge is -2.39. The summed E-state index contributed by atoms with van der Waals surface area (Å²) in [4.78, 5) is 28.9. The highest BCUT2D eigenvalue weighted by Gasteiger charge is 2.52. The number of pyridine rings is 1. The number of carbonyl (C=O) groups excluding carboxylic acids is 2. The molecule has 0 atom stereocenters. The van der Waals surface area contributed by atoms with Crippen molar-refractivity contribution in [1.82, 2.24) is 10.3 Å². The normalized spacial score (nSPS) is 22.0. The number of rotatable bonds is 6. The Balaban J connectivity index is 1.42. The highest BCUT2D eigenvalue weighted by molar-refractivity contribution is 6.31. The van der Waals surface area contributed by atoms with E-state index in [2.05, 4.69) is 15.6 Å². The third-order valence-corrected chi connectivity index (χ3v) is 7.03. The molecular weight excluding hydrogens is 471 g/mol. The zero-order chi connectivity index (χ0) is 24.5. The first-order valence-corrected chi connectivity index (χ1v) is 11.9. The predicted molar refractivity (Wildman–Crippen MR) is 122 cm³/mol. The van der Waals surface area contributed by atoms with E-state index in [0.717, 1.165) is 12.5 Å². The zero-order valence-corrected chi connectivity index (χ0v) is 19.6. The third-order valence-electron chi connectivity index (χ3n) is 6.79. The molecule has 0 saturated heterocycles. The molecule has 1 aromatic carbocycles. The largest absolute Gasteiger partial charge is 0.465 e. The van der Waals surface area contributed by atoms with Crippen LogP contribution in [0.15, 0.2) is 24.3 Å². The summed E-state index contributed by atoms with van der Waals surface area (Å²) in [7, 11) is 0. The van der Waals surface area contributed by atoms with E-state index in [4.69, 9.17) is 16.3 Å². The van der Waals surface area contributed by atoms with Crippen LogP contribution in [0.4, 0.5) is 18.9 Å². The van der Waals surface area contributed by atoms with Crippen molar-refractivity contribution in [2.24, 2.45) is 5.41 Å². The Morgan fingerprint density at radius 2 is 1.82 bits per heavy atom. The first-order chi connectivity index (χ1) is 16.1. The van der Waals surface area contributed by atoms with Crippen molar-refractivity contribution >= 4 is 40.1 Å². The molecule has 2 saturated carbocycles. The summed E-state index contributed by atoms with van der Waals surface area (Å²) < 4.78 is 45.2. The van der Waals surface area contributed by atoms with Crippen molar-refractivity contribution in [2.45, 2.75) is 70.1 Å². The Bertz CT molecular complexity index is 1080. The molecule has 0 aliphatic heterocycles. The van der Waals surface area contributed by atoms with Crippen LogP contribution >= 0.6 is 11.6 Å². The number of aromatic nitrogens is 1. The second-order valence-corrected chi connectivity index (χ2v) is 9.47. The molecule has 1 heterocycles. The van der Waals surface area contributed by atoms with E-state index in [0.29, 0.717) is 54.6 Å². The quantitative estimate of drug-likeness (QED) is 0.408. The second-order valence-electron chi connectivity index (χ2n) is 9.04. The van der Waals surface area contributed by atoms with Crippen molar-refractivity contribution in [3.05, 3.63) is 35.0 Å². The average Bonchev–Trinajstić information content (AvgIpc) is 2.74. The standard InChI is InChI=1S/C24H27ClF3N3O3/c1-2-34-22(33)23(10-3-11-23)21(32)30-16-7-5-15(6-8-16)29-19-13-20(24(26,27)28)31-18-9-4-14(25)12-17(18)19/h4,9,12-13,15-16H,2-3,5-8,10-11H2,1H3,(H,29,31)(H,30,32). The number of alkyl halides is 3. The number of anilines is 1. The van der Waals surface area contributed by atoms with Gasteiger partial charge in [0.15, 0.2) is 0 Å². The Labute approximate surface area is 200 Å². The van der Waals surface area contributed by atoms with Crippen LogP contribution in [0.1, 0.15) is 57.6 Å². The van der Waals surface area contributed by atoms with Gasteiger partial charge in [-0.25, -0.2) is 4.98 Å². The van der Waals surface area contributed by atoms with Gasteiger partial charge in [-0.2, -0.15) is 13.2 Å². The number of amides is 1. The molecule has 2 N–H and O–H groups in total. The molecule has 0 spiro atoms. The van der Waals surface area contributed by atoms with Gasteiger partial charge in [-0.1, -0.05) is 18.0 Å². The van der Waals surface area contributed by atoms with Crippen LogP contribution in [0, 0.1) is 5.41 Å². The number of hydrogen-bond acceptors (Lipinski definition) is 5. The smallest absolute Gasteiger partial charge is 0.433 e. The highest BCUT2D eigenvalue weighted by Crippen LogP contribution is 2.43. The molecule has 2 aliphatic carbocycles. The lowest BCUT2D eigenvalue weighted by atomic mass is 9.67. The number of hydrogen-bond donors (Lipinski definition) is 2. The van der Waals surface area contributed by atoms with E-state index in [1.165, 1.54) is 12.1 Å². The number of nitrogens with zero attached hydrogens (tertiary/aromatic N) is 1. The number of fused-ring (bicyclic) bond motifs is 1. The van der Waals surface area contributed by atoms with Gasteiger partial charge in [0.25, 0.3) is 0 Å². The monoisotopic (exact) mass is 497 g/mol. The molecule has 1 aromatic heterocycles. The van der Waals surface area contributed by atoms with E-state index in [9.17, 15) is 22.8 Å². The minimum absolute atomic E-state index is 0.0680. The van der Waals surface area contributed by atoms with Crippen molar-refractivity contribution in [3.63, 3.8) is 0 Å². The number of ether oxygens (including phenoxy) is 1. The Morgan fingerprint density at radius 1 is 1.15 bits per heavy atom. The Morgan fingerprint density at radius 3 is 2.41 bits per heavy atom. The number of halogens is 4.